The summed E-state index contributed by atoms with van der Waals surface area (Å²) in [6.07, 6.45) is 12.5. The van der Waals surface area contributed by atoms with Gasteiger partial charge in [0.05, 0.1) is 0 Å². The maximum absolute atomic E-state index is 12.5. The van der Waals surface area contributed by atoms with Gasteiger partial charge in [0.1, 0.15) is 0 Å². The number of hydrogen-bond acceptors (Lipinski definition) is 2. The van der Waals surface area contributed by atoms with Crippen LogP contribution in [0.4, 0.5) is 4.79 Å². The first-order valence-corrected chi connectivity index (χ1v) is 8.98. The van der Waals surface area contributed by atoms with Crippen molar-refractivity contribution in [2.75, 3.05) is 19.8 Å². The number of hydrogen-bond donors (Lipinski definition) is 1. The molecule has 21 heavy (non-hydrogen) atoms. The van der Waals surface area contributed by atoms with Crippen LogP contribution in [0.3, 0.4) is 0 Å². The summed E-state index contributed by atoms with van der Waals surface area (Å²) in [6.45, 7) is 2.53. The summed E-state index contributed by atoms with van der Waals surface area (Å²) in [5.74, 6) is 0.861. The lowest BCUT2D eigenvalue weighted by Crippen LogP contribution is -2.48. The molecule has 1 N–H and O–H groups in total. The Bertz CT molecular complexity index is 336. The van der Waals surface area contributed by atoms with Gasteiger partial charge in [-0.1, -0.05) is 32.1 Å². The molecule has 120 valence electrons. The standard InChI is InChI=1S/C17H30N2O2/c20-17(18-15-8-11-21-12-9-15)19-10-4-7-16(19)13-14-5-2-1-3-6-14/h14-16H,1-13H2,(H,18,20)/t16-/m1/s1. The van der Waals surface area contributed by atoms with Crippen LogP contribution in [0.2, 0.25) is 0 Å². The molecule has 3 aliphatic rings. The Morgan fingerprint density at radius 3 is 2.52 bits per heavy atom. The van der Waals surface area contributed by atoms with Crippen molar-refractivity contribution in [1.29, 1.82) is 0 Å². The molecule has 3 fully saturated rings. The Balaban J connectivity index is 1.49. The first-order chi connectivity index (χ1) is 10.3. The lowest BCUT2D eigenvalue weighted by atomic mass is 9.84. The summed E-state index contributed by atoms with van der Waals surface area (Å²) >= 11 is 0. The minimum atomic E-state index is 0.181. The van der Waals surface area contributed by atoms with Crippen LogP contribution in [-0.2, 0) is 4.74 Å². The van der Waals surface area contributed by atoms with E-state index in [1.165, 1.54) is 51.4 Å². The third-order valence-corrected chi connectivity index (χ3v) is 5.52. The number of carbonyl (C=O) groups excluding carboxylic acids is 1. The number of nitrogens with one attached hydrogen (secondary N) is 1. The molecule has 1 atom stereocenters. The zero-order chi connectivity index (χ0) is 14.5. The van der Waals surface area contributed by atoms with Gasteiger partial charge in [0.15, 0.2) is 0 Å². The van der Waals surface area contributed by atoms with Crippen LogP contribution < -0.4 is 5.32 Å². The molecule has 2 saturated heterocycles. The fourth-order valence-corrected chi connectivity index (χ4v) is 4.26. The van der Waals surface area contributed by atoms with Gasteiger partial charge in [-0.25, -0.2) is 4.79 Å². The van der Waals surface area contributed by atoms with Gasteiger partial charge >= 0.3 is 6.03 Å². The summed E-state index contributed by atoms with van der Waals surface area (Å²) in [4.78, 5) is 14.7. The number of ether oxygens (including phenoxy) is 1. The molecule has 0 radical (unpaired) electrons. The second kappa shape index (κ2) is 7.48. The molecule has 1 aliphatic carbocycles. The fourth-order valence-electron chi connectivity index (χ4n) is 4.26. The Kier molecular flexibility index (Phi) is 5.39. The molecule has 0 aromatic carbocycles. The van der Waals surface area contributed by atoms with Gasteiger partial charge in [0.2, 0.25) is 0 Å². The van der Waals surface area contributed by atoms with Crippen molar-refractivity contribution in [3.63, 3.8) is 0 Å². The largest absolute Gasteiger partial charge is 0.381 e. The number of carbonyl (C=O) groups is 1. The van der Waals surface area contributed by atoms with Crippen LogP contribution >= 0.6 is 0 Å². The van der Waals surface area contributed by atoms with E-state index < -0.39 is 0 Å². The van der Waals surface area contributed by atoms with E-state index in [1.54, 1.807) is 0 Å². The van der Waals surface area contributed by atoms with Gasteiger partial charge in [-0.3, -0.25) is 0 Å². The second-order valence-electron chi connectivity index (χ2n) is 7.07. The minimum Gasteiger partial charge on any atom is -0.381 e. The van der Waals surface area contributed by atoms with Crippen molar-refractivity contribution in [3.05, 3.63) is 0 Å². The molecular formula is C17H30N2O2. The molecule has 2 heterocycles. The highest BCUT2D eigenvalue weighted by molar-refractivity contribution is 5.75. The van der Waals surface area contributed by atoms with Crippen LogP contribution in [-0.4, -0.2) is 42.8 Å². The smallest absolute Gasteiger partial charge is 0.317 e. The first kappa shape index (κ1) is 15.1. The summed E-state index contributed by atoms with van der Waals surface area (Å²) in [5.41, 5.74) is 0. The van der Waals surface area contributed by atoms with E-state index in [0.29, 0.717) is 12.1 Å². The molecule has 2 aliphatic heterocycles. The molecule has 3 rings (SSSR count). The lowest BCUT2D eigenvalue weighted by molar-refractivity contribution is 0.0774. The third kappa shape index (κ3) is 4.12. The van der Waals surface area contributed by atoms with Crippen LogP contribution in [0.5, 0.6) is 0 Å². The van der Waals surface area contributed by atoms with E-state index in [2.05, 4.69) is 10.2 Å². The van der Waals surface area contributed by atoms with E-state index in [9.17, 15) is 4.79 Å². The van der Waals surface area contributed by atoms with Gasteiger partial charge in [0.25, 0.3) is 0 Å². The van der Waals surface area contributed by atoms with Crippen molar-refractivity contribution in [2.45, 2.75) is 76.3 Å². The summed E-state index contributed by atoms with van der Waals surface area (Å²) < 4.78 is 5.36. The van der Waals surface area contributed by atoms with Gasteiger partial charge < -0.3 is 15.0 Å². The molecule has 1 saturated carbocycles. The summed E-state index contributed by atoms with van der Waals surface area (Å²) in [5, 5.41) is 3.24. The Hall–Kier alpha value is -0.770. The third-order valence-electron chi connectivity index (χ3n) is 5.52. The van der Waals surface area contributed by atoms with Gasteiger partial charge in [0, 0.05) is 31.8 Å². The zero-order valence-electron chi connectivity index (χ0n) is 13.2. The maximum Gasteiger partial charge on any atom is 0.317 e. The number of amides is 2. The van der Waals surface area contributed by atoms with Gasteiger partial charge in [-0.15, -0.1) is 0 Å². The van der Waals surface area contributed by atoms with Crippen molar-refractivity contribution in [3.8, 4) is 0 Å². The first-order valence-electron chi connectivity index (χ1n) is 8.98. The van der Waals surface area contributed by atoms with E-state index in [0.717, 1.165) is 38.5 Å². The van der Waals surface area contributed by atoms with Crippen LogP contribution in [0.15, 0.2) is 0 Å². The molecule has 4 heteroatoms. The van der Waals surface area contributed by atoms with Gasteiger partial charge in [-0.2, -0.15) is 0 Å². The summed E-state index contributed by atoms with van der Waals surface area (Å²) in [6, 6.07) is 0.996. The number of likely N-dealkylation sites (tertiary alicyclic amines) is 1. The lowest BCUT2D eigenvalue weighted by Gasteiger charge is -2.32. The van der Waals surface area contributed by atoms with E-state index in [1.807, 2.05) is 0 Å². The fraction of sp³-hybridized carbons (Fsp3) is 0.941. The monoisotopic (exact) mass is 294 g/mol. The molecule has 0 unspecified atom stereocenters. The Labute approximate surface area is 128 Å². The Morgan fingerprint density at radius 1 is 1.00 bits per heavy atom. The minimum absolute atomic E-state index is 0.181. The summed E-state index contributed by atoms with van der Waals surface area (Å²) in [7, 11) is 0. The predicted molar refractivity (Wildman–Crippen MR) is 83.3 cm³/mol. The molecule has 0 aromatic heterocycles. The molecule has 2 amide bonds. The van der Waals surface area contributed by atoms with Crippen LogP contribution in [0.1, 0.15) is 64.2 Å². The van der Waals surface area contributed by atoms with Crippen molar-refractivity contribution in [2.24, 2.45) is 5.92 Å². The molecular weight excluding hydrogens is 264 g/mol. The number of nitrogens with zero attached hydrogens (tertiary/aromatic N) is 1. The van der Waals surface area contributed by atoms with Crippen molar-refractivity contribution < 1.29 is 9.53 Å². The zero-order valence-corrected chi connectivity index (χ0v) is 13.2. The van der Waals surface area contributed by atoms with Crippen molar-refractivity contribution >= 4 is 6.03 Å². The highest BCUT2D eigenvalue weighted by Crippen LogP contribution is 2.32. The average molecular weight is 294 g/mol. The van der Waals surface area contributed by atoms with Crippen LogP contribution in [0.25, 0.3) is 0 Å². The Morgan fingerprint density at radius 2 is 1.76 bits per heavy atom. The normalized spacial score (nSPS) is 28.8. The van der Waals surface area contributed by atoms with Crippen molar-refractivity contribution in [1.82, 2.24) is 10.2 Å². The SMILES string of the molecule is O=C(NC1CCOCC1)N1CCC[C@@H]1CC1CCCCC1. The van der Waals surface area contributed by atoms with Gasteiger partial charge in [-0.05, 0) is 38.0 Å². The van der Waals surface area contributed by atoms with Crippen LogP contribution in [0, 0.1) is 5.92 Å². The second-order valence-corrected chi connectivity index (χ2v) is 7.07. The molecule has 4 nitrogen and oxygen atoms in total. The highest BCUT2D eigenvalue weighted by atomic mass is 16.5. The molecule has 0 spiro atoms. The van der Waals surface area contributed by atoms with E-state index in [-0.39, 0.29) is 6.03 Å². The topological polar surface area (TPSA) is 41.6 Å². The molecule has 0 aromatic rings. The average Bonchev–Trinajstić information content (AvgIpc) is 2.97. The highest BCUT2D eigenvalue weighted by Gasteiger charge is 2.32. The maximum atomic E-state index is 12.5. The van der Waals surface area contributed by atoms with E-state index in [4.69, 9.17) is 4.74 Å². The predicted octanol–water partition coefficient (Wildman–Crippen LogP) is 3.31. The molecule has 0 bridgehead atoms. The van der Waals surface area contributed by atoms with E-state index >= 15 is 0 Å². The quantitative estimate of drug-likeness (QED) is 0.867. The number of rotatable bonds is 3. The number of urea groups is 1.